The number of halogens is 3. The van der Waals surface area contributed by atoms with Crippen LogP contribution in [0, 0.1) is 0 Å². The molecule has 0 bridgehead atoms. The maximum atomic E-state index is 12.5. The first-order valence-electron chi connectivity index (χ1n) is 7.35. The van der Waals surface area contributed by atoms with Crippen LogP contribution in [-0.4, -0.2) is 20.9 Å². The molecular weight excluding hydrogens is 333 g/mol. The molecule has 8 heteroatoms. The van der Waals surface area contributed by atoms with Crippen molar-refractivity contribution in [2.75, 3.05) is 0 Å². The maximum Gasteiger partial charge on any atom is 0.416 e. The molecule has 1 N–H and O–H groups in total. The molecule has 0 saturated carbocycles. The van der Waals surface area contributed by atoms with Crippen LogP contribution in [0.1, 0.15) is 21.6 Å². The van der Waals surface area contributed by atoms with E-state index >= 15 is 0 Å². The number of nitrogens with zero attached hydrogens (tertiary/aromatic N) is 3. The van der Waals surface area contributed by atoms with Gasteiger partial charge in [0.05, 0.1) is 17.4 Å². The van der Waals surface area contributed by atoms with Crippen LogP contribution < -0.4 is 5.32 Å². The van der Waals surface area contributed by atoms with E-state index in [9.17, 15) is 18.0 Å². The van der Waals surface area contributed by atoms with Crippen molar-refractivity contribution in [1.29, 1.82) is 0 Å². The molecule has 0 aliphatic heterocycles. The van der Waals surface area contributed by atoms with E-state index in [1.165, 1.54) is 23.1 Å². The van der Waals surface area contributed by atoms with Crippen LogP contribution in [0.15, 0.2) is 60.8 Å². The largest absolute Gasteiger partial charge is 0.416 e. The number of carbonyl (C=O) groups excluding carboxylic acids is 1. The second-order valence-corrected chi connectivity index (χ2v) is 5.23. The molecule has 1 aromatic heterocycles. The molecule has 3 rings (SSSR count). The molecule has 0 aliphatic carbocycles. The summed E-state index contributed by atoms with van der Waals surface area (Å²) in [6.07, 6.45) is -3.05. The Kier molecular flexibility index (Phi) is 4.51. The van der Waals surface area contributed by atoms with Crippen LogP contribution in [0.2, 0.25) is 0 Å². The van der Waals surface area contributed by atoms with Gasteiger partial charge in [0.2, 0.25) is 0 Å². The number of benzene rings is 2. The summed E-state index contributed by atoms with van der Waals surface area (Å²) in [6.45, 7) is 0.0924. The SMILES string of the molecule is O=C(NCc1ccc(C(F)(F)F)cc1)c1cnn(-c2ccccc2)n1. The third-order valence-corrected chi connectivity index (χ3v) is 3.45. The number of rotatable bonds is 4. The zero-order valence-electron chi connectivity index (χ0n) is 12.9. The van der Waals surface area contributed by atoms with Crippen LogP contribution in [0.25, 0.3) is 5.69 Å². The van der Waals surface area contributed by atoms with Crippen molar-refractivity contribution >= 4 is 5.91 Å². The highest BCUT2D eigenvalue weighted by molar-refractivity contribution is 5.91. The Bertz CT molecular complexity index is 858. The lowest BCUT2D eigenvalue weighted by Crippen LogP contribution is -2.23. The highest BCUT2D eigenvalue weighted by Gasteiger charge is 2.29. The lowest BCUT2D eigenvalue weighted by molar-refractivity contribution is -0.137. The zero-order chi connectivity index (χ0) is 17.9. The van der Waals surface area contributed by atoms with Gasteiger partial charge in [0, 0.05) is 6.54 Å². The van der Waals surface area contributed by atoms with Gasteiger partial charge >= 0.3 is 6.18 Å². The van der Waals surface area contributed by atoms with Crippen LogP contribution in [0.5, 0.6) is 0 Å². The summed E-state index contributed by atoms with van der Waals surface area (Å²) in [5.74, 6) is -0.456. The second-order valence-electron chi connectivity index (χ2n) is 5.23. The average Bonchev–Trinajstić information content (AvgIpc) is 3.10. The number of alkyl halides is 3. The van der Waals surface area contributed by atoms with E-state index in [0.29, 0.717) is 11.3 Å². The molecule has 0 spiro atoms. The number of carbonyl (C=O) groups is 1. The quantitative estimate of drug-likeness (QED) is 0.789. The first-order valence-corrected chi connectivity index (χ1v) is 7.35. The molecule has 2 aromatic carbocycles. The van der Waals surface area contributed by atoms with E-state index in [-0.39, 0.29) is 12.2 Å². The molecule has 1 heterocycles. The van der Waals surface area contributed by atoms with Gasteiger partial charge in [-0.25, -0.2) is 0 Å². The first-order chi connectivity index (χ1) is 11.9. The number of aromatic nitrogens is 3. The Hall–Kier alpha value is -3.16. The smallest absolute Gasteiger partial charge is 0.347 e. The molecule has 0 radical (unpaired) electrons. The van der Waals surface area contributed by atoms with Gasteiger partial charge in [-0.15, -0.1) is 5.10 Å². The summed E-state index contributed by atoms with van der Waals surface area (Å²) < 4.78 is 37.5. The third kappa shape index (κ3) is 4.03. The highest BCUT2D eigenvalue weighted by atomic mass is 19.4. The average molecular weight is 346 g/mol. The molecule has 0 fully saturated rings. The third-order valence-electron chi connectivity index (χ3n) is 3.45. The normalized spacial score (nSPS) is 11.3. The second kappa shape index (κ2) is 6.76. The Morgan fingerprint density at radius 3 is 2.36 bits per heavy atom. The molecule has 1 amide bonds. The molecule has 0 atom stereocenters. The number of para-hydroxylation sites is 1. The van der Waals surface area contributed by atoms with Crippen molar-refractivity contribution in [3.63, 3.8) is 0 Å². The highest BCUT2D eigenvalue weighted by Crippen LogP contribution is 2.29. The number of amides is 1. The fraction of sp³-hybridized carbons (Fsp3) is 0.118. The molecule has 128 valence electrons. The maximum absolute atomic E-state index is 12.5. The van der Waals surface area contributed by atoms with Gasteiger partial charge in [-0.2, -0.15) is 23.1 Å². The van der Waals surface area contributed by atoms with Gasteiger partial charge in [0.1, 0.15) is 0 Å². The van der Waals surface area contributed by atoms with Crippen molar-refractivity contribution in [2.45, 2.75) is 12.7 Å². The van der Waals surface area contributed by atoms with Crippen LogP contribution in [0.3, 0.4) is 0 Å². The lowest BCUT2D eigenvalue weighted by atomic mass is 10.1. The predicted molar refractivity (Wildman–Crippen MR) is 84.0 cm³/mol. The fourth-order valence-corrected chi connectivity index (χ4v) is 2.14. The minimum absolute atomic E-state index is 0.0924. The monoisotopic (exact) mass is 346 g/mol. The Labute approximate surface area is 141 Å². The number of nitrogens with one attached hydrogen (secondary N) is 1. The minimum atomic E-state index is -4.38. The van der Waals surface area contributed by atoms with Gasteiger partial charge in [0.15, 0.2) is 5.69 Å². The Balaban J connectivity index is 1.62. The summed E-state index contributed by atoms with van der Waals surface area (Å²) in [5.41, 5.74) is 0.658. The van der Waals surface area contributed by atoms with Crippen LogP contribution in [-0.2, 0) is 12.7 Å². The lowest BCUT2D eigenvalue weighted by Gasteiger charge is -2.08. The summed E-state index contributed by atoms with van der Waals surface area (Å²) in [4.78, 5) is 13.4. The Morgan fingerprint density at radius 1 is 1.04 bits per heavy atom. The minimum Gasteiger partial charge on any atom is -0.347 e. The molecule has 3 aromatic rings. The Morgan fingerprint density at radius 2 is 1.72 bits per heavy atom. The topological polar surface area (TPSA) is 59.8 Å². The van der Waals surface area contributed by atoms with Crippen LogP contribution >= 0.6 is 0 Å². The molecule has 0 saturated heterocycles. The molecular formula is C17H13F3N4O. The van der Waals surface area contributed by atoms with Gasteiger partial charge in [-0.3, -0.25) is 4.79 Å². The summed E-state index contributed by atoms with van der Waals surface area (Å²) >= 11 is 0. The number of hydrogen-bond acceptors (Lipinski definition) is 3. The van der Waals surface area contributed by atoms with Gasteiger partial charge < -0.3 is 5.32 Å². The summed E-state index contributed by atoms with van der Waals surface area (Å²) in [6, 6.07) is 13.7. The van der Waals surface area contributed by atoms with Gasteiger partial charge in [0.25, 0.3) is 5.91 Å². The number of hydrogen-bond donors (Lipinski definition) is 1. The zero-order valence-corrected chi connectivity index (χ0v) is 12.9. The standard InChI is InChI=1S/C17H13F3N4O/c18-17(19,20)13-8-6-12(7-9-13)10-21-16(25)15-11-22-24(23-15)14-4-2-1-3-5-14/h1-9,11H,10H2,(H,21,25). The van der Waals surface area contributed by atoms with E-state index in [2.05, 4.69) is 15.5 Å². The molecule has 5 nitrogen and oxygen atoms in total. The molecule has 0 unspecified atom stereocenters. The van der Waals surface area contributed by atoms with E-state index in [1.807, 2.05) is 18.2 Å². The fourth-order valence-electron chi connectivity index (χ4n) is 2.14. The summed E-state index contributed by atoms with van der Waals surface area (Å²) in [7, 11) is 0. The van der Waals surface area contributed by atoms with Crippen molar-refractivity contribution in [1.82, 2.24) is 20.3 Å². The van der Waals surface area contributed by atoms with Crippen molar-refractivity contribution in [2.24, 2.45) is 0 Å². The first kappa shape index (κ1) is 16.7. The van der Waals surface area contributed by atoms with E-state index in [0.717, 1.165) is 12.1 Å². The summed E-state index contributed by atoms with van der Waals surface area (Å²) in [5, 5.41) is 10.7. The predicted octanol–water partition coefficient (Wildman–Crippen LogP) is 3.22. The molecule has 25 heavy (non-hydrogen) atoms. The molecule has 0 aliphatic rings. The van der Waals surface area contributed by atoms with Gasteiger partial charge in [-0.1, -0.05) is 30.3 Å². The van der Waals surface area contributed by atoms with Crippen molar-refractivity contribution in [3.05, 3.63) is 77.6 Å². The van der Waals surface area contributed by atoms with Crippen LogP contribution in [0.4, 0.5) is 13.2 Å². The van der Waals surface area contributed by atoms with E-state index in [1.54, 1.807) is 12.1 Å². The van der Waals surface area contributed by atoms with Gasteiger partial charge in [-0.05, 0) is 29.8 Å². The van der Waals surface area contributed by atoms with Crippen molar-refractivity contribution in [3.8, 4) is 5.69 Å². The van der Waals surface area contributed by atoms with E-state index < -0.39 is 17.6 Å². The van der Waals surface area contributed by atoms with E-state index in [4.69, 9.17) is 0 Å². The van der Waals surface area contributed by atoms with Crippen molar-refractivity contribution < 1.29 is 18.0 Å².